The summed E-state index contributed by atoms with van der Waals surface area (Å²) in [5, 5.41) is 8.77. The standard InChI is InChI=1S/C13H16BrN3S/c1-2-5-15-13-8-10(3-6-16-13)17-9-12-11(14)4-7-18-12/h3-4,6-8H,2,5,9H2,1H3,(H2,15,16,17). The van der Waals surface area contributed by atoms with Gasteiger partial charge < -0.3 is 10.6 Å². The van der Waals surface area contributed by atoms with Gasteiger partial charge in [0.05, 0.1) is 6.54 Å². The molecule has 2 heterocycles. The van der Waals surface area contributed by atoms with Gasteiger partial charge in [-0.15, -0.1) is 11.3 Å². The molecule has 0 aliphatic rings. The van der Waals surface area contributed by atoms with E-state index in [4.69, 9.17) is 0 Å². The Morgan fingerprint density at radius 1 is 1.33 bits per heavy atom. The molecular formula is C13H16BrN3S. The zero-order valence-electron chi connectivity index (χ0n) is 10.2. The van der Waals surface area contributed by atoms with Crippen LogP contribution < -0.4 is 10.6 Å². The summed E-state index contributed by atoms with van der Waals surface area (Å²) in [6, 6.07) is 6.10. The number of anilines is 2. The summed E-state index contributed by atoms with van der Waals surface area (Å²) in [4.78, 5) is 5.58. The third-order valence-electron chi connectivity index (χ3n) is 2.46. The Kier molecular flexibility index (Phi) is 5.01. The van der Waals surface area contributed by atoms with E-state index in [0.717, 1.165) is 31.0 Å². The van der Waals surface area contributed by atoms with Gasteiger partial charge in [-0.25, -0.2) is 4.98 Å². The topological polar surface area (TPSA) is 37.0 Å². The molecule has 0 fully saturated rings. The van der Waals surface area contributed by atoms with Crippen molar-refractivity contribution in [1.82, 2.24) is 4.98 Å². The Morgan fingerprint density at radius 2 is 2.22 bits per heavy atom. The molecule has 0 bridgehead atoms. The minimum atomic E-state index is 0.829. The van der Waals surface area contributed by atoms with Crippen molar-refractivity contribution in [3.05, 3.63) is 39.1 Å². The second kappa shape index (κ2) is 6.75. The average molecular weight is 326 g/mol. The second-order valence-electron chi connectivity index (χ2n) is 3.90. The molecule has 3 nitrogen and oxygen atoms in total. The molecule has 0 saturated carbocycles. The first kappa shape index (κ1) is 13.4. The van der Waals surface area contributed by atoms with Crippen molar-refractivity contribution in [3.63, 3.8) is 0 Å². The molecule has 2 N–H and O–H groups in total. The van der Waals surface area contributed by atoms with Crippen molar-refractivity contribution in [2.45, 2.75) is 19.9 Å². The lowest BCUT2D eigenvalue weighted by molar-refractivity contribution is 0.969. The van der Waals surface area contributed by atoms with Gasteiger partial charge in [-0.1, -0.05) is 6.92 Å². The highest BCUT2D eigenvalue weighted by Crippen LogP contribution is 2.23. The van der Waals surface area contributed by atoms with Gasteiger partial charge in [0.25, 0.3) is 0 Å². The SMILES string of the molecule is CCCNc1cc(NCc2sccc2Br)ccn1. The molecule has 0 radical (unpaired) electrons. The molecule has 0 aliphatic carbocycles. The lowest BCUT2D eigenvalue weighted by Gasteiger charge is -2.08. The maximum Gasteiger partial charge on any atom is 0.127 e. The normalized spacial score (nSPS) is 10.3. The van der Waals surface area contributed by atoms with Crippen LogP contribution in [-0.2, 0) is 6.54 Å². The highest BCUT2D eigenvalue weighted by atomic mass is 79.9. The van der Waals surface area contributed by atoms with Crippen molar-refractivity contribution in [2.75, 3.05) is 17.2 Å². The molecule has 96 valence electrons. The fourth-order valence-corrected chi connectivity index (χ4v) is 2.96. The van der Waals surface area contributed by atoms with Crippen LogP contribution in [0.2, 0.25) is 0 Å². The molecule has 2 aromatic heterocycles. The summed E-state index contributed by atoms with van der Waals surface area (Å²) in [5.74, 6) is 0.923. The molecule has 0 amide bonds. The first-order valence-corrected chi connectivity index (χ1v) is 7.62. The van der Waals surface area contributed by atoms with E-state index in [2.05, 4.69) is 49.9 Å². The molecule has 0 saturated heterocycles. The van der Waals surface area contributed by atoms with Gasteiger partial charge >= 0.3 is 0 Å². The molecule has 18 heavy (non-hydrogen) atoms. The number of hydrogen-bond acceptors (Lipinski definition) is 4. The summed E-state index contributed by atoms with van der Waals surface area (Å²) in [5.41, 5.74) is 1.09. The molecule has 0 unspecified atom stereocenters. The van der Waals surface area contributed by atoms with Crippen molar-refractivity contribution in [1.29, 1.82) is 0 Å². The summed E-state index contributed by atoms with van der Waals surface area (Å²) in [6.07, 6.45) is 2.92. The first-order chi connectivity index (χ1) is 8.79. The molecule has 0 aromatic carbocycles. The summed E-state index contributed by atoms with van der Waals surface area (Å²) in [7, 11) is 0. The highest BCUT2D eigenvalue weighted by Gasteiger charge is 2.01. The van der Waals surface area contributed by atoms with E-state index in [-0.39, 0.29) is 0 Å². The van der Waals surface area contributed by atoms with Crippen LogP contribution in [0.1, 0.15) is 18.2 Å². The fraction of sp³-hybridized carbons (Fsp3) is 0.308. The van der Waals surface area contributed by atoms with Gasteiger partial charge in [0.2, 0.25) is 0 Å². The summed E-state index contributed by atoms with van der Waals surface area (Å²) >= 11 is 5.28. The number of rotatable bonds is 6. The maximum absolute atomic E-state index is 4.28. The van der Waals surface area contributed by atoms with E-state index in [9.17, 15) is 0 Å². The molecule has 0 atom stereocenters. The summed E-state index contributed by atoms with van der Waals surface area (Å²) in [6.45, 7) is 3.92. The predicted octanol–water partition coefficient (Wildman–Crippen LogP) is 4.34. The average Bonchev–Trinajstić information content (AvgIpc) is 2.80. The minimum Gasteiger partial charge on any atom is -0.380 e. The zero-order valence-corrected chi connectivity index (χ0v) is 12.6. The van der Waals surface area contributed by atoms with E-state index in [1.165, 1.54) is 9.35 Å². The van der Waals surface area contributed by atoms with Gasteiger partial charge in [0, 0.05) is 33.8 Å². The van der Waals surface area contributed by atoms with E-state index in [1.807, 2.05) is 18.3 Å². The van der Waals surface area contributed by atoms with Crippen molar-refractivity contribution < 1.29 is 0 Å². The van der Waals surface area contributed by atoms with Gasteiger partial charge in [0.15, 0.2) is 0 Å². The predicted molar refractivity (Wildman–Crippen MR) is 82.4 cm³/mol. The van der Waals surface area contributed by atoms with Crippen molar-refractivity contribution in [2.24, 2.45) is 0 Å². The van der Waals surface area contributed by atoms with E-state index in [0.29, 0.717) is 0 Å². The first-order valence-electron chi connectivity index (χ1n) is 5.95. The number of pyridine rings is 1. The van der Waals surface area contributed by atoms with E-state index >= 15 is 0 Å². The lowest BCUT2D eigenvalue weighted by atomic mass is 10.3. The third kappa shape index (κ3) is 3.71. The van der Waals surface area contributed by atoms with Crippen LogP contribution in [-0.4, -0.2) is 11.5 Å². The minimum absolute atomic E-state index is 0.829. The van der Waals surface area contributed by atoms with Crippen molar-refractivity contribution in [3.8, 4) is 0 Å². The quantitative estimate of drug-likeness (QED) is 0.829. The van der Waals surface area contributed by atoms with Crippen LogP contribution in [0.25, 0.3) is 0 Å². The van der Waals surface area contributed by atoms with Crippen LogP contribution in [0.3, 0.4) is 0 Å². The van der Waals surface area contributed by atoms with E-state index in [1.54, 1.807) is 11.3 Å². The third-order valence-corrected chi connectivity index (χ3v) is 4.39. The second-order valence-corrected chi connectivity index (χ2v) is 5.76. The van der Waals surface area contributed by atoms with Gasteiger partial charge in [-0.2, -0.15) is 0 Å². The van der Waals surface area contributed by atoms with E-state index < -0.39 is 0 Å². The number of aromatic nitrogens is 1. The molecule has 2 aromatic rings. The fourth-order valence-electron chi connectivity index (χ4n) is 1.52. The zero-order chi connectivity index (χ0) is 12.8. The van der Waals surface area contributed by atoms with Gasteiger partial charge in [0.1, 0.15) is 5.82 Å². The maximum atomic E-state index is 4.28. The lowest BCUT2D eigenvalue weighted by Crippen LogP contribution is -2.03. The Morgan fingerprint density at radius 3 is 2.94 bits per heavy atom. The number of hydrogen-bond donors (Lipinski definition) is 2. The molecule has 0 spiro atoms. The molecule has 5 heteroatoms. The van der Waals surface area contributed by atoms with Crippen LogP contribution in [0, 0.1) is 0 Å². The Hall–Kier alpha value is -1.07. The Labute approximate surface area is 120 Å². The van der Waals surface area contributed by atoms with Gasteiger partial charge in [-0.3, -0.25) is 0 Å². The van der Waals surface area contributed by atoms with Crippen LogP contribution >= 0.6 is 27.3 Å². The number of thiophene rings is 1. The Balaban J connectivity index is 1.95. The highest BCUT2D eigenvalue weighted by molar-refractivity contribution is 9.10. The Bertz CT molecular complexity index is 498. The van der Waals surface area contributed by atoms with Crippen molar-refractivity contribution >= 4 is 38.8 Å². The van der Waals surface area contributed by atoms with Gasteiger partial charge in [-0.05, 0) is 39.9 Å². The largest absolute Gasteiger partial charge is 0.380 e. The number of nitrogens with zero attached hydrogens (tertiary/aromatic N) is 1. The van der Waals surface area contributed by atoms with Crippen LogP contribution in [0.15, 0.2) is 34.2 Å². The monoisotopic (exact) mass is 325 g/mol. The molecule has 0 aliphatic heterocycles. The number of nitrogens with one attached hydrogen (secondary N) is 2. The molecular weight excluding hydrogens is 310 g/mol. The molecule has 2 rings (SSSR count). The number of halogens is 1. The van der Waals surface area contributed by atoms with Crippen LogP contribution in [0.5, 0.6) is 0 Å². The summed E-state index contributed by atoms with van der Waals surface area (Å²) < 4.78 is 1.17. The smallest absolute Gasteiger partial charge is 0.127 e. The van der Waals surface area contributed by atoms with Crippen LogP contribution in [0.4, 0.5) is 11.5 Å².